The minimum atomic E-state index is 0.180. The zero-order chi connectivity index (χ0) is 15.1. The van der Waals surface area contributed by atoms with E-state index >= 15 is 0 Å². The van der Waals surface area contributed by atoms with Crippen molar-refractivity contribution in [3.63, 3.8) is 0 Å². The molecule has 4 nitrogen and oxygen atoms in total. The molecule has 1 atom stereocenters. The molecule has 0 aliphatic heterocycles. The molecule has 0 radical (unpaired) electrons. The SMILES string of the molecule is C#CCOc1ccc(Br)cc1CNC(CC)c1ncc[nH]1. The van der Waals surface area contributed by atoms with Crippen LogP contribution in [0.3, 0.4) is 0 Å². The van der Waals surface area contributed by atoms with Gasteiger partial charge in [0.15, 0.2) is 0 Å². The molecule has 0 spiro atoms. The molecule has 1 aromatic heterocycles. The lowest BCUT2D eigenvalue weighted by molar-refractivity contribution is 0.362. The second-order valence-electron chi connectivity index (χ2n) is 4.56. The fraction of sp³-hybridized carbons (Fsp3) is 0.312. The standard InChI is InChI=1S/C16H18BrN3O/c1-3-9-21-15-6-5-13(17)10-12(15)11-20-14(4-2)16-18-7-8-19-16/h1,5-8,10,14,20H,4,9,11H2,2H3,(H,18,19). The van der Waals surface area contributed by atoms with Crippen molar-refractivity contribution in [3.05, 3.63) is 46.5 Å². The highest BCUT2D eigenvalue weighted by Crippen LogP contribution is 2.24. The summed E-state index contributed by atoms with van der Waals surface area (Å²) in [7, 11) is 0. The minimum absolute atomic E-state index is 0.180. The van der Waals surface area contributed by atoms with Crippen molar-refractivity contribution in [1.82, 2.24) is 15.3 Å². The number of imidazole rings is 1. The van der Waals surface area contributed by atoms with Gasteiger partial charge in [-0.15, -0.1) is 6.42 Å². The summed E-state index contributed by atoms with van der Waals surface area (Å²) >= 11 is 3.49. The summed E-state index contributed by atoms with van der Waals surface area (Å²) in [6.07, 6.45) is 9.80. The number of terminal acetylenes is 1. The molecular weight excluding hydrogens is 330 g/mol. The quantitative estimate of drug-likeness (QED) is 0.754. The van der Waals surface area contributed by atoms with Crippen LogP contribution in [0.4, 0.5) is 0 Å². The Bertz CT molecular complexity index is 604. The van der Waals surface area contributed by atoms with Crippen LogP contribution in [0.25, 0.3) is 0 Å². The Labute approximate surface area is 133 Å². The van der Waals surface area contributed by atoms with Gasteiger partial charge in [-0.05, 0) is 24.6 Å². The molecule has 0 saturated heterocycles. The van der Waals surface area contributed by atoms with Crippen molar-refractivity contribution in [3.8, 4) is 18.1 Å². The fourth-order valence-corrected chi connectivity index (χ4v) is 2.49. The number of H-pyrrole nitrogens is 1. The van der Waals surface area contributed by atoms with E-state index in [9.17, 15) is 0 Å². The lowest BCUT2D eigenvalue weighted by Gasteiger charge is -2.16. The Hall–Kier alpha value is -1.77. The molecule has 1 unspecified atom stereocenters. The Morgan fingerprint density at radius 2 is 2.38 bits per heavy atom. The van der Waals surface area contributed by atoms with E-state index in [1.165, 1.54) is 0 Å². The van der Waals surface area contributed by atoms with E-state index in [0.717, 1.165) is 28.0 Å². The van der Waals surface area contributed by atoms with E-state index in [4.69, 9.17) is 11.2 Å². The van der Waals surface area contributed by atoms with E-state index in [1.54, 1.807) is 6.20 Å². The van der Waals surface area contributed by atoms with Crippen LogP contribution in [0.5, 0.6) is 5.75 Å². The van der Waals surface area contributed by atoms with Crippen LogP contribution in [0.1, 0.15) is 30.8 Å². The van der Waals surface area contributed by atoms with Gasteiger partial charge in [0.1, 0.15) is 18.2 Å². The summed E-state index contributed by atoms with van der Waals surface area (Å²) in [6, 6.07) is 6.08. The molecule has 1 aromatic carbocycles. The number of hydrogen-bond donors (Lipinski definition) is 2. The second kappa shape index (κ2) is 7.87. The molecular formula is C16H18BrN3O. The molecule has 2 N–H and O–H groups in total. The molecule has 0 aliphatic carbocycles. The van der Waals surface area contributed by atoms with Gasteiger partial charge in [-0.1, -0.05) is 28.8 Å². The highest BCUT2D eigenvalue weighted by atomic mass is 79.9. The number of nitrogens with zero attached hydrogens (tertiary/aromatic N) is 1. The number of rotatable bonds is 7. The largest absolute Gasteiger partial charge is 0.481 e. The fourth-order valence-electron chi connectivity index (χ4n) is 2.08. The third-order valence-corrected chi connectivity index (χ3v) is 3.62. The number of ether oxygens (including phenoxy) is 1. The van der Waals surface area contributed by atoms with Gasteiger partial charge in [0.05, 0.1) is 6.04 Å². The number of halogens is 1. The maximum atomic E-state index is 5.58. The predicted octanol–water partition coefficient (Wildman–Crippen LogP) is 3.43. The molecule has 0 bridgehead atoms. The van der Waals surface area contributed by atoms with Crippen LogP contribution in [-0.2, 0) is 6.54 Å². The highest BCUT2D eigenvalue weighted by molar-refractivity contribution is 9.10. The summed E-state index contributed by atoms with van der Waals surface area (Å²) < 4.78 is 6.59. The van der Waals surface area contributed by atoms with Gasteiger partial charge in [0.2, 0.25) is 0 Å². The van der Waals surface area contributed by atoms with Gasteiger partial charge in [0, 0.05) is 29.0 Å². The molecule has 110 valence electrons. The maximum Gasteiger partial charge on any atom is 0.148 e. The van der Waals surface area contributed by atoms with Crippen molar-refractivity contribution in [2.24, 2.45) is 0 Å². The third-order valence-electron chi connectivity index (χ3n) is 3.13. The third kappa shape index (κ3) is 4.35. The Kier molecular flexibility index (Phi) is 5.85. The Balaban J connectivity index is 2.07. The van der Waals surface area contributed by atoms with Crippen molar-refractivity contribution < 1.29 is 4.74 Å². The zero-order valence-corrected chi connectivity index (χ0v) is 13.5. The summed E-state index contributed by atoms with van der Waals surface area (Å²) in [6.45, 7) is 3.07. The van der Waals surface area contributed by atoms with Gasteiger partial charge in [-0.3, -0.25) is 0 Å². The minimum Gasteiger partial charge on any atom is -0.481 e. The number of aromatic amines is 1. The average molecular weight is 348 g/mol. The van der Waals surface area contributed by atoms with Crippen molar-refractivity contribution in [2.75, 3.05) is 6.61 Å². The summed E-state index contributed by atoms with van der Waals surface area (Å²) in [4.78, 5) is 7.45. The van der Waals surface area contributed by atoms with E-state index in [2.05, 4.69) is 44.1 Å². The molecule has 0 fully saturated rings. The first-order valence-corrected chi connectivity index (χ1v) is 7.61. The van der Waals surface area contributed by atoms with Crippen LogP contribution in [0.15, 0.2) is 35.1 Å². The monoisotopic (exact) mass is 347 g/mol. The molecule has 21 heavy (non-hydrogen) atoms. The number of hydrogen-bond acceptors (Lipinski definition) is 3. The second-order valence-corrected chi connectivity index (χ2v) is 5.48. The average Bonchev–Trinajstić information content (AvgIpc) is 3.01. The van der Waals surface area contributed by atoms with Crippen LogP contribution in [0, 0.1) is 12.3 Å². The molecule has 0 amide bonds. The molecule has 2 aromatic rings. The topological polar surface area (TPSA) is 49.9 Å². The van der Waals surface area contributed by atoms with Crippen LogP contribution < -0.4 is 10.1 Å². The number of nitrogens with one attached hydrogen (secondary N) is 2. The van der Waals surface area contributed by atoms with Crippen molar-refractivity contribution in [2.45, 2.75) is 25.9 Å². The van der Waals surface area contributed by atoms with E-state index < -0.39 is 0 Å². The first-order valence-electron chi connectivity index (χ1n) is 6.82. The smallest absolute Gasteiger partial charge is 0.148 e. The lowest BCUT2D eigenvalue weighted by Crippen LogP contribution is -2.21. The van der Waals surface area contributed by atoms with Crippen molar-refractivity contribution in [1.29, 1.82) is 0 Å². The van der Waals surface area contributed by atoms with Gasteiger partial charge >= 0.3 is 0 Å². The lowest BCUT2D eigenvalue weighted by atomic mass is 10.1. The summed E-state index contributed by atoms with van der Waals surface area (Å²) in [5.41, 5.74) is 1.06. The van der Waals surface area contributed by atoms with E-state index in [0.29, 0.717) is 6.54 Å². The Morgan fingerprint density at radius 3 is 3.05 bits per heavy atom. The Morgan fingerprint density at radius 1 is 1.52 bits per heavy atom. The van der Waals surface area contributed by atoms with Crippen LogP contribution >= 0.6 is 15.9 Å². The molecule has 0 aliphatic rings. The van der Waals surface area contributed by atoms with Gasteiger partial charge in [-0.2, -0.15) is 0 Å². The number of aromatic nitrogens is 2. The molecule has 2 rings (SSSR count). The normalized spacial score (nSPS) is 11.9. The summed E-state index contributed by atoms with van der Waals surface area (Å²) in [5.74, 6) is 4.23. The maximum absolute atomic E-state index is 5.58. The van der Waals surface area contributed by atoms with Gasteiger partial charge < -0.3 is 15.0 Å². The molecule has 5 heteroatoms. The zero-order valence-electron chi connectivity index (χ0n) is 11.9. The van der Waals surface area contributed by atoms with E-state index in [1.807, 2.05) is 24.4 Å². The van der Waals surface area contributed by atoms with Crippen molar-refractivity contribution >= 4 is 15.9 Å². The summed E-state index contributed by atoms with van der Waals surface area (Å²) in [5, 5.41) is 3.49. The van der Waals surface area contributed by atoms with Crippen LogP contribution in [-0.4, -0.2) is 16.6 Å². The molecule has 1 heterocycles. The highest BCUT2D eigenvalue weighted by Gasteiger charge is 2.12. The van der Waals surface area contributed by atoms with Gasteiger partial charge in [0.25, 0.3) is 0 Å². The first kappa shape index (κ1) is 15.6. The van der Waals surface area contributed by atoms with Gasteiger partial charge in [-0.25, -0.2) is 4.98 Å². The number of benzene rings is 1. The predicted molar refractivity (Wildman–Crippen MR) is 86.9 cm³/mol. The van der Waals surface area contributed by atoms with Crippen LogP contribution in [0.2, 0.25) is 0 Å². The molecule has 0 saturated carbocycles. The first-order chi connectivity index (χ1) is 10.2. The van der Waals surface area contributed by atoms with E-state index in [-0.39, 0.29) is 12.6 Å².